The molecule has 0 aliphatic rings. The van der Waals surface area contributed by atoms with Crippen molar-refractivity contribution < 1.29 is 10.2 Å². The van der Waals surface area contributed by atoms with Crippen LogP contribution < -0.4 is 0 Å². The van der Waals surface area contributed by atoms with E-state index in [-0.39, 0.29) is 12.4 Å². The average molecular weight is 273 g/mol. The van der Waals surface area contributed by atoms with Gasteiger partial charge in [0.15, 0.2) is 0 Å². The summed E-state index contributed by atoms with van der Waals surface area (Å²) in [5, 5.41) is 18.9. The molecule has 106 valence electrons. The third kappa shape index (κ3) is 3.68. The second kappa shape index (κ2) is 6.86. The lowest BCUT2D eigenvalue weighted by molar-refractivity contribution is 0.281. The van der Waals surface area contributed by atoms with Crippen LogP contribution in [0.2, 0.25) is 0 Å². The van der Waals surface area contributed by atoms with Crippen LogP contribution in [0.25, 0.3) is 0 Å². The van der Waals surface area contributed by atoms with Crippen molar-refractivity contribution in [3.63, 3.8) is 0 Å². The number of hydrogen-bond donors (Lipinski definition) is 2. The minimum atomic E-state index is -0.0745. The Bertz CT molecular complexity index is 577. The van der Waals surface area contributed by atoms with E-state index in [9.17, 15) is 5.11 Å². The predicted octanol–water partition coefficient (Wildman–Crippen LogP) is 1.98. The number of rotatable bonds is 6. The summed E-state index contributed by atoms with van der Waals surface area (Å²) >= 11 is 0. The van der Waals surface area contributed by atoms with Crippen molar-refractivity contribution >= 4 is 5.71 Å². The molecule has 20 heavy (non-hydrogen) atoms. The monoisotopic (exact) mass is 273 g/mol. The van der Waals surface area contributed by atoms with Gasteiger partial charge in [-0.25, -0.2) is 4.98 Å². The quantitative estimate of drug-likeness (QED) is 0.624. The Hall–Kier alpha value is -2.14. The second-order valence-corrected chi connectivity index (χ2v) is 4.63. The molecule has 2 aromatic rings. The zero-order valence-electron chi connectivity index (χ0n) is 11.5. The molecule has 0 amide bonds. The Morgan fingerprint density at radius 3 is 2.90 bits per heavy atom. The number of aromatic nitrogens is 2. The molecule has 0 fully saturated rings. The molecule has 0 radical (unpaired) electrons. The van der Waals surface area contributed by atoms with Gasteiger partial charge in [0.1, 0.15) is 5.75 Å². The Morgan fingerprint density at radius 1 is 1.40 bits per heavy atom. The SMILES string of the molecule is C/C(=N\CCCn1ccnc1)c1ccc(CO)cc1O. The topological polar surface area (TPSA) is 70.6 Å². The van der Waals surface area contributed by atoms with Crippen molar-refractivity contribution in [1.29, 1.82) is 0 Å². The molecule has 1 heterocycles. The fourth-order valence-electron chi connectivity index (χ4n) is 1.99. The molecule has 0 saturated carbocycles. The van der Waals surface area contributed by atoms with Gasteiger partial charge in [-0.15, -0.1) is 0 Å². The fourth-order valence-corrected chi connectivity index (χ4v) is 1.99. The summed E-state index contributed by atoms with van der Waals surface area (Å²) in [7, 11) is 0. The van der Waals surface area contributed by atoms with Crippen molar-refractivity contribution in [3.8, 4) is 5.75 Å². The summed E-state index contributed by atoms with van der Waals surface area (Å²) in [5.74, 6) is 0.160. The highest BCUT2D eigenvalue weighted by Gasteiger charge is 2.05. The maximum absolute atomic E-state index is 9.90. The molecule has 2 rings (SSSR count). The Balaban J connectivity index is 1.92. The van der Waals surface area contributed by atoms with Gasteiger partial charge in [-0.3, -0.25) is 4.99 Å². The summed E-state index contributed by atoms with van der Waals surface area (Å²) in [5.41, 5.74) is 2.21. The highest BCUT2D eigenvalue weighted by molar-refractivity contribution is 6.01. The number of phenolic OH excluding ortho intramolecular Hbond substituents is 1. The minimum Gasteiger partial charge on any atom is -0.507 e. The summed E-state index contributed by atoms with van der Waals surface area (Å²) in [6.07, 6.45) is 6.39. The van der Waals surface area contributed by atoms with E-state index in [2.05, 4.69) is 9.98 Å². The van der Waals surface area contributed by atoms with Crippen LogP contribution in [0.5, 0.6) is 5.75 Å². The molecule has 2 N–H and O–H groups in total. The van der Waals surface area contributed by atoms with Gasteiger partial charge in [0.05, 0.1) is 12.9 Å². The van der Waals surface area contributed by atoms with Gasteiger partial charge < -0.3 is 14.8 Å². The summed E-state index contributed by atoms with van der Waals surface area (Å²) in [6.45, 7) is 3.39. The van der Waals surface area contributed by atoms with Crippen LogP contribution >= 0.6 is 0 Å². The average Bonchev–Trinajstić information content (AvgIpc) is 2.96. The van der Waals surface area contributed by atoms with E-state index in [1.165, 1.54) is 0 Å². The third-order valence-corrected chi connectivity index (χ3v) is 3.12. The third-order valence-electron chi connectivity index (χ3n) is 3.12. The van der Waals surface area contributed by atoms with Crippen LogP contribution in [0.15, 0.2) is 41.9 Å². The van der Waals surface area contributed by atoms with Crippen LogP contribution in [0.3, 0.4) is 0 Å². The molecule has 1 aromatic carbocycles. The number of aliphatic hydroxyl groups excluding tert-OH is 1. The van der Waals surface area contributed by atoms with Crippen LogP contribution in [-0.4, -0.2) is 32.0 Å². The first-order chi connectivity index (χ1) is 9.70. The molecular weight excluding hydrogens is 254 g/mol. The first-order valence-corrected chi connectivity index (χ1v) is 6.60. The van der Waals surface area contributed by atoms with E-state index in [1.54, 1.807) is 30.7 Å². The molecular formula is C15H19N3O2. The van der Waals surface area contributed by atoms with Gasteiger partial charge in [-0.2, -0.15) is 0 Å². The highest BCUT2D eigenvalue weighted by atomic mass is 16.3. The van der Waals surface area contributed by atoms with Gasteiger partial charge in [0.25, 0.3) is 0 Å². The minimum absolute atomic E-state index is 0.0745. The molecule has 1 aromatic heterocycles. The molecule has 0 aliphatic carbocycles. The van der Waals surface area contributed by atoms with E-state index < -0.39 is 0 Å². The molecule has 0 spiro atoms. The number of aromatic hydroxyl groups is 1. The largest absolute Gasteiger partial charge is 0.507 e. The van der Waals surface area contributed by atoms with Gasteiger partial charge in [-0.1, -0.05) is 6.07 Å². The number of aliphatic hydroxyl groups is 1. The summed E-state index contributed by atoms with van der Waals surface area (Å²) in [4.78, 5) is 8.46. The second-order valence-electron chi connectivity index (χ2n) is 4.63. The number of hydrogen-bond acceptors (Lipinski definition) is 4. The molecule has 0 unspecified atom stereocenters. The summed E-state index contributed by atoms with van der Waals surface area (Å²) < 4.78 is 2.01. The number of nitrogens with zero attached hydrogens (tertiary/aromatic N) is 3. The number of phenols is 1. The molecule has 5 nitrogen and oxygen atoms in total. The number of imidazole rings is 1. The predicted molar refractivity (Wildman–Crippen MR) is 78.0 cm³/mol. The van der Waals surface area contributed by atoms with Crippen LogP contribution in [0.1, 0.15) is 24.5 Å². The molecule has 0 atom stereocenters. The maximum Gasteiger partial charge on any atom is 0.124 e. The number of aliphatic imine (C=N–C) groups is 1. The van der Waals surface area contributed by atoms with Crippen LogP contribution in [0.4, 0.5) is 0 Å². The first kappa shape index (κ1) is 14.3. The van der Waals surface area contributed by atoms with E-state index in [1.807, 2.05) is 17.7 Å². The Morgan fingerprint density at radius 2 is 2.25 bits per heavy atom. The van der Waals surface area contributed by atoms with Crippen molar-refractivity contribution in [2.45, 2.75) is 26.5 Å². The van der Waals surface area contributed by atoms with Crippen molar-refractivity contribution in [2.75, 3.05) is 6.54 Å². The van der Waals surface area contributed by atoms with Crippen LogP contribution in [0, 0.1) is 0 Å². The van der Waals surface area contributed by atoms with Crippen LogP contribution in [-0.2, 0) is 13.2 Å². The molecule has 5 heteroatoms. The van der Waals surface area contributed by atoms with Crippen molar-refractivity contribution in [3.05, 3.63) is 48.0 Å². The summed E-state index contributed by atoms with van der Waals surface area (Å²) in [6, 6.07) is 5.15. The van der Waals surface area contributed by atoms with Gasteiger partial charge in [0, 0.05) is 36.8 Å². The van der Waals surface area contributed by atoms with E-state index >= 15 is 0 Å². The smallest absolute Gasteiger partial charge is 0.124 e. The lowest BCUT2D eigenvalue weighted by atomic mass is 10.1. The van der Waals surface area contributed by atoms with E-state index in [0.717, 1.165) is 18.7 Å². The zero-order chi connectivity index (χ0) is 14.4. The standard InChI is InChI=1S/C15H19N3O2/c1-12(14-4-3-13(10-19)9-15(14)20)17-5-2-7-18-8-6-16-11-18/h3-4,6,8-9,11,19-20H,2,5,7,10H2,1H3/b17-12+. The Kier molecular flexibility index (Phi) is 4.90. The zero-order valence-corrected chi connectivity index (χ0v) is 11.5. The van der Waals surface area contributed by atoms with Crippen molar-refractivity contribution in [1.82, 2.24) is 9.55 Å². The van der Waals surface area contributed by atoms with E-state index in [4.69, 9.17) is 5.11 Å². The van der Waals surface area contributed by atoms with Gasteiger partial charge in [0.2, 0.25) is 0 Å². The first-order valence-electron chi connectivity index (χ1n) is 6.60. The lowest BCUT2D eigenvalue weighted by Gasteiger charge is -2.06. The molecule has 0 aliphatic heterocycles. The number of benzene rings is 1. The van der Waals surface area contributed by atoms with Gasteiger partial charge in [-0.05, 0) is 31.0 Å². The fraction of sp³-hybridized carbons (Fsp3) is 0.333. The number of aryl methyl sites for hydroxylation is 1. The Labute approximate surface area is 118 Å². The van der Waals surface area contributed by atoms with Crippen molar-refractivity contribution in [2.24, 2.45) is 4.99 Å². The highest BCUT2D eigenvalue weighted by Crippen LogP contribution is 2.19. The maximum atomic E-state index is 9.90. The van der Waals surface area contributed by atoms with Gasteiger partial charge >= 0.3 is 0 Å². The van der Waals surface area contributed by atoms with E-state index in [0.29, 0.717) is 17.7 Å². The molecule has 0 bridgehead atoms. The molecule has 0 saturated heterocycles. The normalized spacial score (nSPS) is 11.8. The lowest BCUT2D eigenvalue weighted by Crippen LogP contribution is -2.01.